The molecule has 2 aromatic rings. The van der Waals surface area contributed by atoms with Crippen molar-refractivity contribution in [2.24, 2.45) is 10.7 Å². The summed E-state index contributed by atoms with van der Waals surface area (Å²) in [5.41, 5.74) is 8.06. The van der Waals surface area contributed by atoms with Crippen LogP contribution in [0.3, 0.4) is 0 Å². The Balaban J connectivity index is 1.07. The summed E-state index contributed by atoms with van der Waals surface area (Å²) in [7, 11) is -2.62. The number of nitrogens with zero attached hydrogens (tertiary/aromatic N) is 4. The number of aliphatic imine (C=N–C) groups is 1. The maximum Gasteiger partial charge on any atom is 0.340 e. The number of nitrogens with two attached hydrogens (primary N) is 1. The minimum absolute atomic E-state index is 0.00678. The van der Waals surface area contributed by atoms with E-state index in [4.69, 9.17) is 29.2 Å². The van der Waals surface area contributed by atoms with Crippen LogP contribution < -0.4 is 21.9 Å². The van der Waals surface area contributed by atoms with Crippen LogP contribution in [0.15, 0.2) is 46.6 Å². The summed E-state index contributed by atoms with van der Waals surface area (Å²) in [6.45, 7) is 3.72. The fraction of sp³-hybridized carbons (Fsp3) is 0.357. The number of cyclic esters (lactones) is 1. The van der Waals surface area contributed by atoms with Crippen molar-refractivity contribution in [2.45, 2.75) is 57.0 Å². The second kappa shape index (κ2) is 10.5. The lowest BCUT2D eigenvalue weighted by atomic mass is 10.0. The highest BCUT2D eigenvalue weighted by Gasteiger charge is 2.41. The van der Waals surface area contributed by atoms with E-state index in [-0.39, 0.29) is 42.4 Å². The Labute approximate surface area is 239 Å². The number of hydrogen-bond acceptors (Lipinski definition) is 11. The van der Waals surface area contributed by atoms with Crippen molar-refractivity contribution in [3.63, 3.8) is 0 Å². The van der Waals surface area contributed by atoms with Gasteiger partial charge >= 0.3 is 14.6 Å². The quantitative estimate of drug-likeness (QED) is 0.313. The Kier molecular flexibility index (Phi) is 6.79. The van der Waals surface area contributed by atoms with Gasteiger partial charge in [-0.1, -0.05) is 18.7 Å². The molecule has 12 nitrogen and oxygen atoms in total. The number of ether oxygens (including phenoxy) is 2. The maximum absolute atomic E-state index is 14.8. The molecule has 5 atom stereocenters. The van der Waals surface area contributed by atoms with Gasteiger partial charge in [-0.05, 0) is 36.3 Å². The number of pyridine rings is 2. The smallest absolute Gasteiger partial charge is 0.340 e. The van der Waals surface area contributed by atoms with Gasteiger partial charge in [-0.25, -0.2) is 19.2 Å². The van der Waals surface area contributed by atoms with Crippen molar-refractivity contribution in [1.29, 1.82) is 0 Å². The molecular weight excluding hydrogens is 568 g/mol. The summed E-state index contributed by atoms with van der Waals surface area (Å²) in [5.74, 6) is -0.268. The van der Waals surface area contributed by atoms with Crippen molar-refractivity contribution in [1.82, 2.24) is 14.5 Å². The molecule has 5 aliphatic rings. The molecule has 2 aromatic heterocycles. The summed E-state index contributed by atoms with van der Waals surface area (Å²) in [6.07, 6.45) is 4.61. The van der Waals surface area contributed by atoms with E-state index in [2.05, 4.69) is 23.7 Å². The molecule has 0 aromatic carbocycles. The summed E-state index contributed by atoms with van der Waals surface area (Å²) >= 11 is 0. The molecule has 0 bridgehead atoms. The zero-order chi connectivity index (χ0) is 29.1. The van der Waals surface area contributed by atoms with Gasteiger partial charge < -0.3 is 34.1 Å². The zero-order valence-electron chi connectivity index (χ0n) is 22.3. The van der Waals surface area contributed by atoms with E-state index < -0.39 is 39.2 Å². The van der Waals surface area contributed by atoms with E-state index in [0.717, 1.165) is 29.0 Å². The number of halogens is 1. The number of hydrogen-bond donors (Lipinski definition) is 2. The number of amidine groups is 1. The maximum atomic E-state index is 14.8. The fourth-order valence-corrected chi connectivity index (χ4v) is 6.54. The lowest BCUT2D eigenvalue weighted by Crippen LogP contribution is -2.37. The van der Waals surface area contributed by atoms with Gasteiger partial charge in [0.25, 0.3) is 5.56 Å². The molecule has 7 rings (SSSR count). The van der Waals surface area contributed by atoms with Crippen LogP contribution in [0, 0.1) is 0 Å². The SMILES string of the molecule is C=C1N=C(N)C=CN1C1OC(COP(O)OC2C(=O)OCc3c2cc2n(c3=O)Cc3cc4c(nc3-2)=CCCC=4)CC1F. The predicted octanol–water partition coefficient (Wildman–Crippen LogP) is 1.09. The summed E-state index contributed by atoms with van der Waals surface area (Å²) < 4.78 is 38.5. The number of rotatable bonds is 6. The van der Waals surface area contributed by atoms with Gasteiger partial charge in [0, 0.05) is 23.7 Å². The van der Waals surface area contributed by atoms with E-state index in [0.29, 0.717) is 23.5 Å². The molecule has 3 N–H and O–H groups in total. The highest BCUT2D eigenvalue weighted by Crippen LogP contribution is 2.44. The number of alkyl halides is 1. The Morgan fingerprint density at radius 3 is 2.93 bits per heavy atom. The first-order chi connectivity index (χ1) is 20.3. The van der Waals surface area contributed by atoms with E-state index in [1.54, 1.807) is 10.6 Å². The van der Waals surface area contributed by atoms with Gasteiger partial charge in [-0.3, -0.25) is 9.32 Å². The van der Waals surface area contributed by atoms with Gasteiger partial charge in [0.05, 0.1) is 41.6 Å². The first kappa shape index (κ1) is 27.1. The van der Waals surface area contributed by atoms with Crippen LogP contribution in [0.25, 0.3) is 23.5 Å². The van der Waals surface area contributed by atoms with Gasteiger partial charge in [0.15, 0.2) is 12.3 Å². The van der Waals surface area contributed by atoms with Crippen molar-refractivity contribution in [3.8, 4) is 11.4 Å². The lowest BCUT2D eigenvalue weighted by Gasteiger charge is -2.30. The predicted molar refractivity (Wildman–Crippen MR) is 149 cm³/mol. The van der Waals surface area contributed by atoms with Crippen molar-refractivity contribution >= 4 is 32.6 Å². The number of fused-ring (bicyclic) bond motifs is 5. The lowest BCUT2D eigenvalue weighted by molar-refractivity contribution is -0.156. The standard InChI is InChI=1S/C28H27FN5O7P/c1-14-31-23(30)6-7-33(14)27-20(29)9-17(40-27)12-39-42(37)41-25-18-10-22-24-16(8-15-4-2-3-5-21(15)32-24)11-34(22)26(35)19(18)13-38-28(25)36/h4-8,10,17,20,25,27,37H,1-3,9,11-13H2,(H2,30,31). The molecule has 1 fully saturated rings. The molecule has 0 spiro atoms. The minimum Gasteiger partial charge on any atom is -0.458 e. The zero-order valence-corrected chi connectivity index (χ0v) is 23.2. The third kappa shape index (κ3) is 4.67. The first-order valence-corrected chi connectivity index (χ1v) is 14.6. The van der Waals surface area contributed by atoms with Crippen LogP contribution in [0.5, 0.6) is 0 Å². The molecule has 0 saturated carbocycles. The number of aromatic nitrogens is 2. The fourth-order valence-electron chi connectivity index (χ4n) is 5.81. The summed E-state index contributed by atoms with van der Waals surface area (Å²) in [5, 5.41) is 1.91. The Hall–Kier alpha value is -3.74. The van der Waals surface area contributed by atoms with Gasteiger partial charge in [-0.2, -0.15) is 0 Å². The molecule has 218 valence electrons. The largest absolute Gasteiger partial charge is 0.458 e. The topological polar surface area (TPSA) is 151 Å². The number of esters is 1. The molecule has 42 heavy (non-hydrogen) atoms. The van der Waals surface area contributed by atoms with E-state index in [1.807, 2.05) is 6.07 Å². The van der Waals surface area contributed by atoms with Crippen molar-refractivity contribution in [2.75, 3.05) is 6.61 Å². The average molecular weight is 596 g/mol. The summed E-state index contributed by atoms with van der Waals surface area (Å²) in [6, 6.07) is 3.75. The van der Waals surface area contributed by atoms with Gasteiger partial charge in [0.2, 0.25) is 0 Å². The molecular formula is C28H27FN5O7P. The Morgan fingerprint density at radius 1 is 1.26 bits per heavy atom. The van der Waals surface area contributed by atoms with Crippen molar-refractivity contribution < 1.29 is 32.6 Å². The molecule has 6 heterocycles. The van der Waals surface area contributed by atoms with Crippen LogP contribution in [-0.4, -0.2) is 56.3 Å². The number of carbonyl (C=O) groups is 1. The molecule has 4 aliphatic heterocycles. The van der Waals surface area contributed by atoms with Crippen LogP contribution >= 0.6 is 8.60 Å². The Morgan fingerprint density at radius 2 is 2.10 bits per heavy atom. The third-order valence-electron chi connectivity index (χ3n) is 7.82. The Bertz CT molecular complexity index is 1760. The summed E-state index contributed by atoms with van der Waals surface area (Å²) in [4.78, 5) is 47.1. The van der Waals surface area contributed by atoms with Crippen LogP contribution in [-0.2, 0) is 36.5 Å². The number of carbonyl (C=O) groups excluding carboxylic acids is 1. The average Bonchev–Trinajstić information content (AvgIpc) is 3.52. The molecule has 1 saturated heterocycles. The highest BCUT2D eigenvalue weighted by atomic mass is 31.2. The van der Waals surface area contributed by atoms with Crippen molar-refractivity contribution in [3.05, 3.63) is 74.4 Å². The second-order valence-electron chi connectivity index (χ2n) is 10.5. The van der Waals surface area contributed by atoms with E-state index in [9.17, 15) is 18.9 Å². The molecule has 0 radical (unpaired) electrons. The highest BCUT2D eigenvalue weighted by molar-refractivity contribution is 7.40. The van der Waals surface area contributed by atoms with Gasteiger partial charge in [0.1, 0.15) is 24.4 Å². The van der Waals surface area contributed by atoms with E-state index in [1.165, 1.54) is 17.2 Å². The normalized spacial score (nSPS) is 26.3. The molecule has 1 aliphatic carbocycles. The third-order valence-corrected chi connectivity index (χ3v) is 8.58. The minimum atomic E-state index is -2.62. The van der Waals surface area contributed by atoms with Gasteiger partial charge in [-0.15, -0.1) is 0 Å². The molecule has 14 heteroatoms. The van der Waals surface area contributed by atoms with Crippen LogP contribution in [0.2, 0.25) is 0 Å². The second-order valence-corrected chi connectivity index (χ2v) is 11.5. The monoisotopic (exact) mass is 595 g/mol. The van der Waals surface area contributed by atoms with Crippen LogP contribution in [0.4, 0.5) is 4.39 Å². The molecule has 0 amide bonds. The molecule has 5 unspecified atom stereocenters. The first-order valence-electron chi connectivity index (χ1n) is 13.5. The van der Waals surface area contributed by atoms with E-state index >= 15 is 0 Å². The van der Waals surface area contributed by atoms with Crippen LogP contribution in [0.1, 0.15) is 42.1 Å².